The van der Waals surface area contributed by atoms with Crippen LogP contribution in [-0.4, -0.2) is 159 Å². The second kappa shape index (κ2) is 28.4. The zero-order valence-electron chi connectivity index (χ0n) is 34.6. The maximum Gasteiger partial charge on any atom is 0.322 e. The number of hydrogen-bond acceptors (Lipinski definition) is 15. The van der Waals surface area contributed by atoms with E-state index in [0.717, 1.165) is 0 Å². The predicted molar refractivity (Wildman–Crippen MR) is 216 cm³/mol. The molecule has 0 aromatic rings. The Labute approximate surface area is 360 Å². The molecule has 0 unspecified atom stereocenters. The molecular formula is C35H58N10O16S. The zero-order chi connectivity index (χ0) is 47.9. The number of aliphatic hydroxyl groups is 1. The van der Waals surface area contributed by atoms with Gasteiger partial charge in [-0.3, -0.25) is 57.5 Å². The number of carboxylic acids is 3. The first-order valence-corrected chi connectivity index (χ1v) is 19.8. The lowest BCUT2D eigenvalue weighted by molar-refractivity contribution is -0.139. The summed E-state index contributed by atoms with van der Waals surface area (Å²) in [4.78, 5) is 149. The van der Waals surface area contributed by atoms with Crippen molar-refractivity contribution in [1.29, 1.82) is 0 Å². The first-order valence-electron chi connectivity index (χ1n) is 19.1. The highest BCUT2D eigenvalue weighted by molar-refractivity contribution is 7.80. The minimum absolute atomic E-state index is 0.236. The molecule has 0 aromatic carbocycles. The molecule has 0 radical (unpaired) electrons. The summed E-state index contributed by atoms with van der Waals surface area (Å²) in [5, 5.41) is 54.6. The molecule has 0 aliphatic carbocycles. The average molecular weight is 907 g/mol. The highest BCUT2D eigenvalue weighted by Crippen LogP contribution is 2.09. The Balaban J connectivity index is 6.08. The van der Waals surface area contributed by atoms with Gasteiger partial charge in [0, 0.05) is 25.0 Å². The lowest BCUT2D eigenvalue weighted by Crippen LogP contribution is -2.61. The molecule has 0 aliphatic heterocycles. The van der Waals surface area contributed by atoms with E-state index in [9.17, 15) is 67.7 Å². The monoisotopic (exact) mass is 906 g/mol. The number of nitrogens with two attached hydrogens (primary N) is 2. The van der Waals surface area contributed by atoms with Crippen molar-refractivity contribution in [3.63, 3.8) is 0 Å². The molecule has 16 N–H and O–H groups in total. The van der Waals surface area contributed by atoms with Crippen LogP contribution in [0.5, 0.6) is 0 Å². The smallest absolute Gasteiger partial charge is 0.322 e. The van der Waals surface area contributed by atoms with Crippen LogP contribution in [0.4, 0.5) is 0 Å². The molecule has 7 atom stereocenters. The van der Waals surface area contributed by atoms with Crippen molar-refractivity contribution in [3.8, 4) is 0 Å². The van der Waals surface area contributed by atoms with Crippen LogP contribution in [0.25, 0.3) is 0 Å². The molecule has 0 bridgehead atoms. The van der Waals surface area contributed by atoms with Gasteiger partial charge in [0.25, 0.3) is 0 Å². The van der Waals surface area contributed by atoms with Crippen LogP contribution in [0.15, 0.2) is 0 Å². The van der Waals surface area contributed by atoms with Gasteiger partial charge in [-0.25, -0.2) is 0 Å². The van der Waals surface area contributed by atoms with Gasteiger partial charge in [-0.15, -0.1) is 0 Å². The van der Waals surface area contributed by atoms with Gasteiger partial charge < -0.3 is 74.4 Å². The minimum Gasteiger partial charge on any atom is -0.481 e. The first-order chi connectivity index (χ1) is 28.8. The van der Waals surface area contributed by atoms with E-state index in [4.69, 9.17) is 21.7 Å². The molecule has 9 amide bonds. The number of thiol groups is 1. The quantitative estimate of drug-likeness (QED) is 0.0298. The Morgan fingerprint density at radius 2 is 0.919 bits per heavy atom. The summed E-state index contributed by atoms with van der Waals surface area (Å²) in [7, 11) is 0. The zero-order valence-corrected chi connectivity index (χ0v) is 35.5. The summed E-state index contributed by atoms with van der Waals surface area (Å²) < 4.78 is 0. The molecule has 0 aromatic heterocycles. The van der Waals surface area contributed by atoms with Crippen LogP contribution in [-0.2, 0) is 57.5 Å². The van der Waals surface area contributed by atoms with Crippen LogP contribution in [0, 0.1) is 11.8 Å². The average Bonchev–Trinajstić information content (AvgIpc) is 3.19. The SMILES string of the molecule is CC(C)[C@H](NC(=O)[C@H](CS)NC(=O)[C@H](CCC(N)=O)NC(=O)[C@@H](NC(=O)[C@@H](N)CCC(=O)O)C(C)C)C(=O)N[C@@H](CCC(=O)O)C(=O)N[C@@H](CO)C(=O)NCC(=O)NCC(=O)O. The van der Waals surface area contributed by atoms with Crippen LogP contribution < -0.4 is 54.0 Å². The molecule has 0 heterocycles. The number of nitrogens with one attached hydrogen (secondary N) is 8. The molecule has 0 saturated carbocycles. The van der Waals surface area contributed by atoms with E-state index >= 15 is 0 Å². The molecule has 0 rings (SSSR count). The van der Waals surface area contributed by atoms with Crippen LogP contribution in [0.3, 0.4) is 0 Å². The summed E-state index contributed by atoms with van der Waals surface area (Å²) in [6.07, 6.45) is -2.68. The molecule has 350 valence electrons. The van der Waals surface area contributed by atoms with Crippen molar-refractivity contribution in [2.45, 2.75) is 109 Å². The largest absolute Gasteiger partial charge is 0.481 e. The first kappa shape index (κ1) is 55.9. The summed E-state index contributed by atoms with van der Waals surface area (Å²) in [5.74, 6) is -14.5. The van der Waals surface area contributed by atoms with Crippen molar-refractivity contribution in [1.82, 2.24) is 42.5 Å². The second-order valence-electron chi connectivity index (χ2n) is 14.4. The van der Waals surface area contributed by atoms with E-state index < -0.39 is 176 Å². The molecule has 27 heteroatoms. The third-order valence-corrected chi connectivity index (χ3v) is 8.95. The van der Waals surface area contributed by atoms with Gasteiger partial charge in [-0.2, -0.15) is 12.6 Å². The van der Waals surface area contributed by atoms with Crippen molar-refractivity contribution >= 4 is 83.7 Å². The third kappa shape index (κ3) is 22.0. The van der Waals surface area contributed by atoms with E-state index in [1.807, 2.05) is 5.32 Å². The number of carbonyl (C=O) groups is 12. The molecular weight excluding hydrogens is 849 g/mol. The highest BCUT2D eigenvalue weighted by Gasteiger charge is 2.35. The fourth-order valence-corrected chi connectivity index (χ4v) is 5.33. The number of hydrogen-bond donors (Lipinski definition) is 15. The van der Waals surface area contributed by atoms with Gasteiger partial charge in [0.05, 0.1) is 19.2 Å². The lowest BCUT2D eigenvalue weighted by atomic mass is 10.0. The van der Waals surface area contributed by atoms with Crippen molar-refractivity contribution in [3.05, 3.63) is 0 Å². The number of aliphatic carboxylic acids is 3. The Morgan fingerprint density at radius 3 is 1.34 bits per heavy atom. The van der Waals surface area contributed by atoms with E-state index in [2.05, 4.69) is 49.8 Å². The van der Waals surface area contributed by atoms with E-state index in [-0.39, 0.29) is 12.8 Å². The number of amides is 9. The number of primary amides is 1. The van der Waals surface area contributed by atoms with Gasteiger partial charge in [0.1, 0.15) is 42.8 Å². The van der Waals surface area contributed by atoms with Crippen LogP contribution in [0.2, 0.25) is 0 Å². The van der Waals surface area contributed by atoms with Crippen LogP contribution in [0.1, 0.15) is 66.2 Å². The fraction of sp³-hybridized carbons (Fsp3) is 0.657. The Hall–Kier alpha value is -6.09. The fourth-order valence-electron chi connectivity index (χ4n) is 5.07. The predicted octanol–water partition coefficient (Wildman–Crippen LogP) is -6.23. The maximum atomic E-state index is 13.5. The van der Waals surface area contributed by atoms with Gasteiger partial charge in [-0.1, -0.05) is 27.7 Å². The van der Waals surface area contributed by atoms with Crippen molar-refractivity contribution < 1.29 is 78.0 Å². The van der Waals surface area contributed by atoms with Crippen molar-refractivity contribution in [2.75, 3.05) is 25.4 Å². The Bertz CT molecular complexity index is 1650. The normalized spacial score (nSPS) is 14.3. The molecule has 0 aliphatic rings. The lowest BCUT2D eigenvalue weighted by Gasteiger charge is -2.29. The van der Waals surface area contributed by atoms with Gasteiger partial charge in [0.15, 0.2) is 0 Å². The summed E-state index contributed by atoms with van der Waals surface area (Å²) in [6, 6.07) is -10.5. The Morgan fingerprint density at radius 1 is 0.500 bits per heavy atom. The molecule has 0 fully saturated rings. The molecule has 0 spiro atoms. The van der Waals surface area contributed by atoms with E-state index in [1.54, 1.807) is 13.8 Å². The van der Waals surface area contributed by atoms with Gasteiger partial charge in [-0.05, 0) is 31.1 Å². The number of carboxylic acid groups (broad SMARTS) is 3. The maximum absolute atomic E-state index is 13.5. The Kier molecular flexibility index (Phi) is 25.6. The standard InChI is InChI=1S/C35H58N10O16S/c1-15(2)27(44-29(55)17(36)5-9-24(49)50)34(60)40-18(6-8-22(37)47)32(58)43-21(14-62)33(59)45-28(16(3)4)35(61)41-19(7-10-25(51)52)31(57)42-20(13-46)30(56)39-11-23(48)38-12-26(53)54/h15-21,27-28,46,62H,5-14,36H2,1-4H3,(H2,37,47)(H,38,48)(H,39,56)(H,40,60)(H,41,61)(H,42,57)(H,43,58)(H,44,55)(H,45,59)(H,49,50)(H,51,52)(H,53,54)/t17-,18-,19-,20-,21-,27-,28-/m0/s1. The number of carbonyl (C=O) groups excluding carboxylic acids is 9. The summed E-state index contributed by atoms with van der Waals surface area (Å²) in [6.45, 7) is 3.57. The van der Waals surface area contributed by atoms with Crippen molar-refractivity contribution in [2.24, 2.45) is 23.3 Å². The number of rotatable bonds is 30. The van der Waals surface area contributed by atoms with Crippen LogP contribution >= 0.6 is 12.6 Å². The molecule has 0 saturated heterocycles. The number of aliphatic hydroxyl groups excluding tert-OH is 1. The second-order valence-corrected chi connectivity index (χ2v) is 14.8. The van der Waals surface area contributed by atoms with E-state index in [1.165, 1.54) is 13.8 Å². The third-order valence-electron chi connectivity index (χ3n) is 8.58. The molecule has 26 nitrogen and oxygen atoms in total. The van der Waals surface area contributed by atoms with Gasteiger partial charge >= 0.3 is 17.9 Å². The minimum atomic E-state index is -1.72. The summed E-state index contributed by atoms with van der Waals surface area (Å²) in [5.41, 5.74) is 11.0. The summed E-state index contributed by atoms with van der Waals surface area (Å²) >= 11 is 4.12. The topological polar surface area (TPSA) is 434 Å². The van der Waals surface area contributed by atoms with Gasteiger partial charge in [0.2, 0.25) is 53.2 Å². The highest BCUT2D eigenvalue weighted by atomic mass is 32.1. The molecule has 62 heavy (non-hydrogen) atoms. The van der Waals surface area contributed by atoms with E-state index in [0.29, 0.717) is 0 Å².